The molecule has 1 saturated carbocycles. The van der Waals surface area contributed by atoms with E-state index in [1.165, 1.54) is 10.2 Å². The quantitative estimate of drug-likeness (QED) is 0.830. The van der Waals surface area contributed by atoms with Crippen LogP contribution in [0.1, 0.15) is 48.9 Å². The third kappa shape index (κ3) is 3.30. The molecule has 5 heteroatoms. The van der Waals surface area contributed by atoms with Gasteiger partial charge in [0.15, 0.2) is 0 Å². The highest BCUT2D eigenvalue weighted by Crippen LogP contribution is 2.40. The van der Waals surface area contributed by atoms with Gasteiger partial charge in [0.2, 0.25) is 5.91 Å². The van der Waals surface area contributed by atoms with Gasteiger partial charge in [0.25, 0.3) is 5.91 Å². The zero-order valence-corrected chi connectivity index (χ0v) is 15.0. The molecule has 2 aromatic rings. The van der Waals surface area contributed by atoms with Gasteiger partial charge in [-0.1, -0.05) is 30.3 Å². The summed E-state index contributed by atoms with van der Waals surface area (Å²) in [5.74, 6) is 0.344. The fourth-order valence-corrected chi connectivity index (χ4v) is 4.58. The zero-order valence-electron chi connectivity index (χ0n) is 15.0. The van der Waals surface area contributed by atoms with Gasteiger partial charge in [0.1, 0.15) is 6.04 Å². The first-order valence-corrected chi connectivity index (χ1v) is 9.63. The van der Waals surface area contributed by atoms with Gasteiger partial charge in [-0.3, -0.25) is 9.59 Å². The van der Waals surface area contributed by atoms with Crippen LogP contribution in [0, 0.1) is 5.92 Å². The van der Waals surface area contributed by atoms with E-state index in [1.807, 2.05) is 23.1 Å². The molecule has 0 spiro atoms. The van der Waals surface area contributed by atoms with E-state index in [1.54, 1.807) is 18.5 Å². The Bertz CT molecular complexity index is 749. The Hall–Kier alpha value is -2.43. The van der Waals surface area contributed by atoms with Crippen LogP contribution in [0.15, 0.2) is 48.8 Å². The fourth-order valence-electron chi connectivity index (χ4n) is 4.58. The highest BCUT2D eigenvalue weighted by atomic mass is 16.2. The van der Waals surface area contributed by atoms with E-state index < -0.39 is 0 Å². The molecule has 2 aliphatic heterocycles. The maximum Gasteiger partial charge on any atom is 0.269 e. The van der Waals surface area contributed by atoms with Crippen LogP contribution in [-0.2, 0) is 11.2 Å². The maximum atomic E-state index is 13.0. The number of piperidine rings is 2. The largest absolute Gasteiger partial charge is 0.327 e. The van der Waals surface area contributed by atoms with E-state index >= 15 is 0 Å². The van der Waals surface area contributed by atoms with E-state index in [9.17, 15) is 9.59 Å². The lowest BCUT2D eigenvalue weighted by atomic mass is 9.74. The second-order valence-electron chi connectivity index (χ2n) is 7.44. The van der Waals surface area contributed by atoms with Gasteiger partial charge in [0.05, 0.1) is 0 Å². The number of nitrogens with zero attached hydrogens (tertiary/aromatic N) is 3. The van der Waals surface area contributed by atoms with Gasteiger partial charge in [-0.2, -0.15) is 5.10 Å². The van der Waals surface area contributed by atoms with Crippen LogP contribution in [0.5, 0.6) is 0 Å². The van der Waals surface area contributed by atoms with Crippen LogP contribution in [-0.4, -0.2) is 38.6 Å². The number of aryl methyl sites for hydroxylation is 1. The molecule has 1 aromatic carbocycles. The van der Waals surface area contributed by atoms with Crippen molar-refractivity contribution >= 4 is 11.8 Å². The van der Waals surface area contributed by atoms with E-state index in [-0.39, 0.29) is 29.8 Å². The zero-order chi connectivity index (χ0) is 17.9. The SMILES string of the molecule is O=C(CCCc1ccccc1)N1C2CCC(CC2)[C@H]1C(=O)n1cccn1. The van der Waals surface area contributed by atoms with Crippen molar-refractivity contribution in [3.05, 3.63) is 54.4 Å². The predicted octanol–water partition coefficient (Wildman–Crippen LogP) is 3.32. The monoisotopic (exact) mass is 351 g/mol. The van der Waals surface area contributed by atoms with E-state index in [2.05, 4.69) is 17.2 Å². The average Bonchev–Trinajstić information content (AvgIpc) is 3.23. The summed E-state index contributed by atoms with van der Waals surface area (Å²) >= 11 is 0. The van der Waals surface area contributed by atoms with E-state index in [0.717, 1.165) is 38.5 Å². The molecule has 0 N–H and O–H groups in total. The van der Waals surface area contributed by atoms with Crippen LogP contribution in [0.2, 0.25) is 0 Å². The summed E-state index contributed by atoms with van der Waals surface area (Å²) in [6.45, 7) is 0. The summed E-state index contributed by atoms with van der Waals surface area (Å²) in [7, 11) is 0. The number of rotatable bonds is 5. The molecular formula is C21H25N3O2. The molecule has 5 nitrogen and oxygen atoms in total. The standard InChI is InChI=1S/C21H25N3O2/c25-19(9-4-8-16-6-2-1-3-7-16)24-18-12-10-17(11-13-18)20(24)21(26)23-15-5-14-22-23/h1-3,5-7,14-15,17-18,20H,4,8-13H2/t17?,18?,20-/m0/s1. The third-order valence-corrected chi connectivity index (χ3v) is 5.85. The summed E-state index contributed by atoms with van der Waals surface area (Å²) in [6.07, 6.45) is 9.64. The van der Waals surface area contributed by atoms with Crippen LogP contribution in [0.3, 0.4) is 0 Å². The molecule has 5 rings (SSSR count). The molecule has 3 aliphatic rings. The minimum atomic E-state index is -0.341. The molecule has 1 aromatic heterocycles. The average molecular weight is 351 g/mol. The lowest BCUT2D eigenvalue weighted by Gasteiger charge is -2.50. The van der Waals surface area contributed by atoms with Gasteiger partial charge < -0.3 is 4.90 Å². The summed E-state index contributed by atoms with van der Waals surface area (Å²) < 4.78 is 1.40. The second kappa shape index (κ2) is 7.44. The second-order valence-corrected chi connectivity index (χ2v) is 7.44. The van der Waals surface area contributed by atoms with Crippen molar-refractivity contribution in [1.29, 1.82) is 0 Å². The smallest absolute Gasteiger partial charge is 0.269 e. The maximum absolute atomic E-state index is 13.0. The summed E-state index contributed by atoms with van der Waals surface area (Å²) in [6, 6.07) is 11.9. The van der Waals surface area contributed by atoms with Crippen molar-refractivity contribution in [2.45, 2.75) is 57.0 Å². The molecule has 2 saturated heterocycles. The molecule has 1 atom stereocenters. The van der Waals surface area contributed by atoms with Gasteiger partial charge in [0, 0.05) is 24.9 Å². The molecule has 3 heterocycles. The number of fused-ring (bicyclic) bond motifs is 3. The molecule has 26 heavy (non-hydrogen) atoms. The summed E-state index contributed by atoms with van der Waals surface area (Å²) in [5.41, 5.74) is 1.25. The topological polar surface area (TPSA) is 55.2 Å². The molecule has 0 radical (unpaired) electrons. The van der Waals surface area contributed by atoms with Crippen LogP contribution >= 0.6 is 0 Å². The van der Waals surface area contributed by atoms with Gasteiger partial charge in [-0.25, -0.2) is 4.68 Å². The van der Waals surface area contributed by atoms with Crippen molar-refractivity contribution in [2.75, 3.05) is 0 Å². The normalized spacial score (nSPS) is 24.6. The molecule has 0 unspecified atom stereocenters. The van der Waals surface area contributed by atoms with Gasteiger partial charge in [-0.05, 0) is 56.1 Å². The first-order chi connectivity index (χ1) is 12.7. The first-order valence-electron chi connectivity index (χ1n) is 9.63. The number of carbonyl (C=O) groups excluding carboxylic acids is 2. The highest BCUT2D eigenvalue weighted by Gasteiger charge is 2.47. The number of aromatic nitrogens is 2. The minimum absolute atomic E-state index is 0.0548. The first kappa shape index (κ1) is 17.0. The predicted molar refractivity (Wildman–Crippen MR) is 98.6 cm³/mol. The number of amides is 1. The Morgan fingerprint density at radius 3 is 2.50 bits per heavy atom. The number of carbonyl (C=O) groups is 2. The lowest BCUT2D eigenvalue weighted by Crippen LogP contribution is -2.61. The van der Waals surface area contributed by atoms with E-state index in [0.29, 0.717) is 6.42 Å². The Morgan fingerprint density at radius 1 is 1.04 bits per heavy atom. The van der Waals surface area contributed by atoms with Gasteiger partial charge in [-0.15, -0.1) is 0 Å². The van der Waals surface area contributed by atoms with Crippen LogP contribution in [0.25, 0.3) is 0 Å². The molecule has 3 fully saturated rings. The van der Waals surface area contributed by atoms with Crippen molar-refractivity contribution in [2.24, 2.45) is 5.92 Å². The molecule has 1 amide bonds. The Morgan fingerprint density at radius 2 is 1.81 bits per heavy atom. The van der Waals surface area contributed by atoms with E-state index in [4.69, 9.17) is 0 Å². The Labute approximate surface area is 154 Å². The van der Waals surface area contributed by atoms with Crippen LogP contribution < -0.4 is 0 Å². The molecule has 136 valence electrons. The lowest BCUT2D eigenvalue weighted by molar-refractivity contribution is -0.142. The Kier molecular flexibility index (Phi) is 4.87. The summed E-state index contributed by atoms with van der Waals surface area (Å²) in [5, 5.41) is 4.10. The highest BCUT2D eigenvalue weighted by molar-refractivity contribution is 5.89. The molecular weight excluding hydrogens is 326 g/mol. The van der Waals surface area contributed by atoms with Crippen molar-refractivity contribution in [3.8, 4) is 0 Å². The number of benzene rings is 1. The molecule has 1 aliphatic carbocycles. The van der Waals surface area contributed by atoms with Gasteiger partial charge >= 0.3 is 0 Å². The fraction of sp³-hybridized carbons (Fsp3) is 0.476. The number of hydrogen-bond acceptors (Lipinski definition) is 3. The van der Waals surface area contributed by atoms with Crippen molar-refractivity contribution in [3.63, 3.8) is 0 Å². The molecule has 2 bridgehead atoms. The Balaban J connectivity index is 1.45. The van der Waals surface area contributed by atoms with Crippen LogP contribution in [0.4, 0.5) is 0 Å². The number of hydrogen-bond donors (Lipinski definition) is 0. The van der Waals surface area contributed by atoms with Crippen molar-refractivity contribution < 1.29 is 9.59 Å². The van der Waals surface area contributed by atoms with Crippen molar-refractivity contribution in [1.82, 2.24) is 14.7 Å². The minimum Gasteiger partial charge on any atom is -0.327 e. The third-order valence-electron chi connectivity index (χ3n) is 5.85. The summed E-state index contributed by atoms with van der Waals surface area (Å²) in [4.78, 5) is 27.9.